The van der Waals surface area contributed by atoms with Gasteiger partial charge in [0, 0.05) is 17.8 Å². The quantitative estimate of drug-likeness (QED) is 0.918. The van der Waals surface area contributed by atoms with E-state index in [0.29, 0.717) is 11.4 Å². The highest BCUT2D eigenvalue weighted by atomic mass is 32.2. The van der Waals surface area contributed by atoms with Crippen molar-refractivity contribution >= 4 is 15.5 Å². The molecule has 0 amide bonds. The van der Waals surface area contributed by atoms with E-state index in [0.717, 1.165) is 22.7 Å². The molecule has 0 bridgehead atoms. The third-order valence-electron chi connectivity index (χ3n) is 3.24. The van der Waals surface area contributed by atoms with Gasteiger partial charge in [0.1, 0.15) is 5.76 Å². The van der Waals surface area contributed by atoms with Gasteiger partial charge in [0.15, 0.2) is 9.84 Å². The number of rotatable bonds is 5. The number of aromatic nitrogens is 1. The second kappa shape index (κ2) is 5.66. The van der Waals surface area contributed by atoms with E-state index in [1.54, 1.807) is 31.2 Å². The van der Waals surface area contributed by atoms with Gasteiger partial charge in [-0.1, -0.05) is 12.1 Å². The van der Waals surface area contributed by atoms with Crippen LogP contribution in [0.4, 0.5) is 5.69 Å². The molecule has 0 saturated carbocycles. The van der Waals surface area contributed by atoms with Gasteiger partial charge in [-0.25, -0.2) is 8.42 Å². The summed E-state index contributed by atoms with van der Waals surface area (Å²) >= 11 is 0. The number of aryl methyl sites for hydroxylation is 2. The first-order chi connectivity index (χ1) is 9.44. The van der Waals surface area contributed by atoms with Crippen molar-refractivity contribution in [3.05, 3.63) is 41.3 Å². The molecular weight excluding hydrogens is 276 g/mol. The fourth-order valence-corrected chi connectivity index (χ4v) is 2.78. The normalized spacial score (nSPS) is 11.6. The van der Waals surface area contributed by atoms with Crippen LogP contribution < -0.4 is 5.32 Å². The molecule has 1 aromatic carbocycles. The van der Waals surface area contributed by atoms with Gasteiger partial charge in [-0.2, -0.15) is 0 Å². The van der Waals surface area contributed by atoms with Gasteiger partial charge in [0.2, 0.25) is 0 Å². The smallest absolute Gasteiger partial charge is 0.178 e. The lowest BCUT2D eigenvalue weighted by Crippen LogP contribution is -2.04. The average Bonchev–Trinajstić information content (AvgIpc) is 2.76. The molecule has 0 fully saturated rings. The highest BCUT2D eigenvalue weighted by molar-refractivity contribution is 7.91. The van der Waals surface area contributed by atoms with Crippen LogP contribution in [0.5, 0.6) is 0 Å². The largest absolute Gasteiger partial charge is 0.381 e. The minimum atomic E-state index is -3.14. The number of nitrogens with zero attached hydrogens (tertiary/aromatic N) is 1. The van der Waals surface area contributed by atoms with Crippen LogP contribution >= 0.6 is 0 Å². The summed E-state index contributed by atoms with van der Waals surface area (Å²) in [6.07, 6.45) is 0. The molecule has 0 unspecified atom stereocenters. The first-order valence-electron chi connectivity index (χ1n) is 6.42. The molecular formula is C14H18N2O3S. The van der Waals surface area contributed by atoms with Gasteiger partial charge in [-0.3, -0.25) is 0 Å². The SMILES string of the molecule is CCS(=O)(=O)c1ccc(NCc2c(C)noc2C)cc1. The van der Waals surface area contributed by atoms with E-state index in [9.17, 15) is 8.42 Å². The third kappa shape index (κ3) is 3.01. The van der Waals surface area contributed by atoms with Crippen LogP contribution in [0.15, 0.2) is 33.7 Å². The Balaban J connectivity index is 2.09. The Bertz CT molecular complexity index is 668. The maximum atomic E-state index is 11.7. The van der Waals surface area contributed by atoms with Crippen molar-refractivity contribution in [2.75, 3.05) is 11.1 Å². The van der Waals surface area contributed by atoms with E-state index in [-0.39, 0.29) is 5.75 Å². The first-order valence-corrected chi connectivity index (χ1v) is 8.07. The molecule has 0 aliphatic carbocycles. The standard InChI is InChI=1S/C14H18N2O3S/c1-4-20(17,18)13-7-5-12(6-8-13)15-9-14-10(2)16-19-11(14)3/h5-8,15H,4,9H2,1-3H3. The Morgan fingerprint density at radius 1 is 1.20 bits per heavy atom. The zero-order valence-electron chi connectivity index (χ0n) is 11.8. The summed E-state index contributed by atoms with van der Waals surface area (Å²) < 4.78 is 28.5. The van der Waals surface area contributed by atoms with Crippen LogP contribution in [0.25, 0.3) is 0 Å². The van der Waals surface area contributed by atoms with Crippen LogP contribution in [0.2, 0.25) is 0 Å². The van der Waals surface area contributed by atoms with E-state index in [4.69, 9.17) is 4.52 Å². The van der Waals surface area contributed by atoms with Crippen LogP contribution in [-0.4, -0.2) is 19.3 Å². The highest BCUT2D eigenvalue weighted by Crippen LogP contribution is 2.18. The first kappa shape index (κ1) is 14.6. The molecule has 0 saturated heterocycles. The molecule has 0 aliphatic rings. The second-order valence-electron chi connectivity index (χ2n) is 4.58. The molecule has 0 radical (unpaired) electrons. The predicted molar refractivity (Wildman–Crippen MR) is 77.5 cm³/mol. The topological polar surface area (TPSA) is 72.2 Å². The summed E-state index contributed by atoms with van der Waals surface area (Å²) in [6, 6.07) is 6.77. The number of hydrogen-bond acceptors (Lipinski definition) is 5. The van der Waals surface area contributed by atoms with Crippen molar-refractivity contribution in [1.82, 2.24) is 5.16 Å². The monoisotopic (exact) mass is 294 g/mol. The maximum Gasteiger partial charge on any atom is 0.178 e. The molecule has 6 heteroatoms. The van der Waals surface area contributed by atoms with Gasteiger partial charge < -0.3 is 9.84 Å². The van der Waals surface area contributed by atoms with E-state index in [1.165, 1.54) is 0 Å². The van der Waals surface area contributed by atoms with Crippen molar-refractivity contribution in [3.8, 4) is 0 Å². The number of sulfone groups is 1. The molecule has 5 nitrogen and oxygen atoms in total. The Labute approximate surface area is 118 Å². The summed E-state index contributed by atoms with van der Waals surface area (Å²) in [5.74, 6) is 0.902. The molecule has 1 N–H and O–H groups in total. The number of anilines is 1. The van der Waals surface area contributed by atoms with Crippen molar-refractivity contribution < 1.29 is 12.9 Å². The lowest BCUT2D eigenvalue weighted by molar-refractivity contribution is 0.392. The second-order valence-corrected chi connectivity index (χ2v) is 6.86. The molecule has 108 valence electrons. The van der Waals surface area contributed by atoms with Gasteiger partial charge >= 0.3 is 0 Å². The zero-order chi connectivity index (χ0) is 14.8. The van der Waals surface area contributed by atoms with E-state index >= 15 is 0 Å². The predicted octanol–water partition coefficient (Wildman–Crippen LogP) is 2.70. The van der Waals surface area contributed by atoms with Crippen LogP contribution in [-0.2, 0) is 16.4 Å². The minimum Gasteiger partial charge on any atom is -0.381 e. The molecule has 0 atom stereocenters. The molecule has 2 aromatic rings. The maximum absolute atomic E-state index is 11.7. The van der Waals surface area contributed by atoms with E-state index in [2.05, 4.69) is 10.5 Å². The number of nitrogens with one attached hydrogen (secondary N) is 1. The van der Waals surface area contributed by atoms with Crippen molar-refractivity contribution in [3.63, 3.8) is 0 Å². The summed E-state index contributed by atoms with van der Waals surface area (Å²) in [5.41, 5.74) is 2.75. The summed E-state index contributed by atoms with van der Waals surface area (Å²) in [4.78, 5) is 0.350. The highest BCUT2D eigenvalue weighted by Gasteiger charge is 2.11. The molecule has 0 aliphatic heterocycles. The Morgan fingerprint density at radius 3 is 2.35 bits per heavy atom. The average molecular weight is 294 g/mol. The molecule has 0 spiro atoms. The van der Waals surface area contributed by atoms with Crippen LogP contribution in [0.1, 0.15) is 23.9 Å². The van der Waals surface area contributed by atoms with Crippen molar-refractivity contribution in [2.45, 2.75) is 32.2 Å². The molecule has 20 heavy (non-hydrogen) atoms. The van der Waals surface area contributed by atoms with Gasteiger partial charge in [-0.05, 0) is 38.1 Å². The van der Waals surface area contributed by atoms with E-state index < -0.39 is 9.84 Å². The van der Waals surface area contributed by atoms with Gasteiger partial charge in [0.05, 0.1) is 16.3 Å². The summed E-state index contributed by atoms with van der Waals surface area (Å²) in [7, 11) is -3.14. The minimum absolute atomic E-state index is 0.110. The van der Waals surface area contributed by atoms with Crippen molar-refractivity contribution in [1.29, 1.82) is 0 Å². The number of hydrogen-bond donors (Lipinski definition) is 1. The molecule has 1 heterocycles. The summed E-state index contributed by atoms with van der Waals surface area (Å²) in [6.45, 7) is 6.00. The molecule has 2 rings (SSSR count). The van der Waals surface area contributed by atoms with Crippen molar-refractivity contribution in [2.24, 2.45) is 0 Å². The Hall–Kier alpha value is -1.82. The van der Waals surface area contributed by atoms with Crippen LogP contribution in [0.3, 0.4) is 0 Å². The van der Waals surface area contributed by atoms with E-state index in [1.807, 2.05) is 13.8 Å². The third-order valence-corrected chi connectivity index (χ3v) is 4.99. The zero-order valence-corrected chi connectivity index (χ0v) is 12.6. The lowest BCUT2D eigenvalue weighted by atomic mass is 10.2. The number of benzene rings is 1. The fourth-order valence-electron chi connectivity index (χ4n) is 1.89. The fraction of sp³-hybridized carbons (Fsp3) is 0.357. The summed E-state index contributed by atoms with van der Waals surface area (Å²) in [5, 5.41) is 7.12. The lowest BCUT2D eigenvalue weighted by Gasteiger charge is -2.07. The Morgan fingerprint density at radius 2 is 1.85 bits per heavy atom. The van der Waals surface area contributed by atoms with Crippen LogP contribution in [0, 0.1) is 13.8 Å². The van der Waals surface area contributed by atoms with Gasteiger partial charge in [-0.15, -0.1) is 0 Å². The van der Waals surface area contributed by atoms with Gasteiger partial charge in [0.25, 0.3) is 0 Å². The Kier molecular flexibility index (Phi) is 4.13. The molecule has 1 aromatic heterocycles.